The van der Waals surface area contributed by atoms with E-state index in [1.54, 1.807) is 18.2 Å². The number of amides is 1. The van der Waals surface area contributed by atoms with Crippen molar-refractivity contribution in [2.45, 2.75) is 32.2 Å². The third kappa shape index (κ3) is 3.55. The minimum absolute atomic E-state index is 0.00792. The van der Waals surface area contributed by atoms with Crippen LogP contribution in [0.2, 0.25) is 0 Å². The molecule has 0 radical (unpaired) electrons. The van der Waals surface area contributed by atoms with Gasteiger partial charge in [-0.15, -0.1) is 0 Å². The number of likely N-dealkylation sites (tertiary alicyclic amines) is 1. The molecule has 1 saturated heterocycles. The highest BCUT2D eigenvalue weighted by Gasteiger charge is 2.24. The number of nitrogens with one attached hydrogen (secondary N) is 2. The first-order chi connectivity index (χ1) is 9.20. The molecule has 1 aromatic carbocycles. The van der Waals surface area contributed by atoms with Crippen molar-refractivity contribution >= 4 is 11.6 Å². The normalized spacial score (nSPS) is 22.5. The molecule has 0 aliphatic carbocycles. The van der Waals surface area contributed by atoms with Crippen molar-refractivity contribution in [3.05, 3.63) is 29.8 Å². The van der Waals surface area contributed by atoms with Gasteiger partial charge in [-0.1, -0.05) is 12.1 Å². The highest BCUT2D eigenvalue weighted by molar-refractivity contribution is 5.92. The Hall–Kier alpha value is -1.86. The third-order valence-corrected chi connectivity index (χ3v) is 3.79. The fraction of sp³-hybridized carbons (Fsp3) is 0.467. The zero-order valence-corrected chi connectivity index (χ0v) is 11.3. The van der Waals surface area contributed by atoms with E-state index in [0.29, 0.717) is 23.8 Å². The Labute approximate surface area is 114 Å². The predicted molar refractivity (Wildman–Crippen MR) is 73.8 cm³/mol. The molecule has 1 aromatic rings. The van der Waals surface area contributed by atoms with Crippen LogP contribution in [-0.4, -0.2) is 25.0 Å². The maximum atomic E-state index is 12.1. The summed E-state index contributed by atoms with van der Waals surface area (Å²) in [6.45, 7) is 3.75. The van der Waals surface area contributed by atoms with Gasteiger partial charge in [0, 0.05) is 0 Å². The van der Waals surface area contributed by atoms with E-state index in [9.17, 15) is 4.79 Å². The molecule has 1 heterocycles. The van der Waals surface area contributed by atoms with Crippen LogP contribution in [0.5, 0.6) is 0 Å². The second kappa shape index (κ2) is 6.35. The Balaban J connectivity index is 1.96. The van der Waals surface area contributed by atoms with E-state index < -0.39 is 0 Å². The van der Waals surface area contributed by atoms with Crippen LogP contribution in [0, 0.1) is 11.3 Å². The average molecular weight is 258 g/mol. The molecule has 2 atom stereocenters. The summed E-state index contributed by atoms with van der Waals surface area (Å²) in [4.78, 5) is 13.4. The van der Waals surface area contributed by atoms with Gasteiger partial charge < -0.3 is 10.2 Å². The topological polar surface area (TPSA) is 57.3 Å². The van der Waals surface area contributed by atoms with E-state index in [4.69, 9.17) is 5.26 Å². The number of rotatable bonds is 3. The third-order valence-electron chi connectivity index (χ3n) is 3.79. The molecule has 4 heteroatoms. The highest BCUT2D eigenvalue weighted by Crippen LogP contribution is 2.12. The molecule has 0 spiro atoms. The first-order valence-corrected chi connectivity index (χ1v) is 6.84. The minimum Gasteiger partial charge on any atom is -0.325 e. The molecule has 1 unspecified atom stereocenters. The highest BCUT2D eigenvalue weighted by atomic mass is 16.2. The van der Waals surface area contributed by atoms with E-state index in [2.05, 4.69) is 18.3 Å². The molecule has 1 aliphatic rings. The second-order valence-electron chi connectivity index (χ2n) is 5.19. The summed E-state index contributed by atoms with van der Waals surface area (Å²) in [5.74, 6) is -0.00792. The number of quaternary nitrogens is 1. The molecule has 19 heavy (non-hydrogen) atoms. The van der Waals surface area contributed by atoms with E-state index >= 15 is 0 Å². The lowest BCUT2D eigenvalue weighted by molar-refractivity contribution is -0.920. The number of carbonyl (C=O) groups excluding carboxylic acids is 1. The number of hydrogen-bond donors (Lipinski definition) is 2. The van der Waals surface area contributed by atoms with Crippen LogP contribution in [0.3, 0.4) is 0 Å². The van der Waals surface area contributed by atoms with Gasteiger partial charge >= 0.3 is 0 Å². The molecule has 1 amide bonds. The summed E-state index contributed by atoms with van der Waals surface area (Å²) in [6.07, 6.45) is 3.66. The molecule has 1 fully saturated rings. The average Bonchev–Trinajstić information content (AvgIpc) is 2.42. The number of nitriles is 1. The van der Waals surface area contributed by atoms with Gasteiger partial charge in [-0.25, -0.2) is 0 Å². The van der Waals surface area contributed by atoms with Gasteiger partial charge in [0.25, 0.3) is 5.91 Å². The largest absolute Gasteiger partial charge is 0.325 e. The summed E-state index contributed by atoms with van der Waals surface area (Å²) >= 11 is 0. The summed E-state index contributed by atoms with van der Waals surface area (Å²) in [6, 6.07) is 9.75. The smallest absolute Gasteiger partial charge is 0.279 e. The summed E-state index contributed by atoms with van der Waals surface area (Å²) in [7, 11) is 0. The summed E-state index contributed by atoms with van der Waals surface area (Å²) < 4.78 is 0. The Bertz CT molecular complexity index is 492. The molecule has 0 bridgehead atoms. The molecule has 2 N–H and O–H groups in total. The fourth-order valence-corrected chi connectivity index (χ4v) is 2.61. The van der Waals surface area contributed by atoms with Gasteiger partial charge in [0.1, 0.15) is 6.07 Å². The molecule has 1 aliphatic heterocycles. The molecule has 4 nitrogen and oxygen atoms in total. The van der Waals surface area contributed by atoms with Gasteiger partial charge in [-0.3, -0.25) is 4.79 Å². The van der Waals surface area contributed by atoms with Crippen molar-refractivity contribution in [1.29, 1.82) is 5.26 Å². The van der Waals surface area contributed by atoms with Crippen molar-refractivity contribution in [2.24, 2.45) is 0 Å². The van der Waals surface area contributed by atoms with E-state index in [0.717, 1.165) is 6.54 Å². The standard InChI is InChI=1S/C15H19N3O/c1-12-6-4-5-9-18(12)11-15(19)17-14-8-3-2-7-13(14)10-16/h2-3,7-8,12H,4-6,9,11H2,1H3,(H,17,19)/p+1/t12-/m1/s1. The molecule has 100 valence electrons. The minimum atomic E-state index is -0.00792. The summed E-state index contributed by atoms with van der Waals surface area (Å²) in [5.41, 5.74) is 1.12. The lowest BCUT2D eigenvalue weighted by Crippen LogP contribution is -3.17. The van der Waals surface area contributed by atoms with Crippen molar-refractivity contribution in [3.8, 4) is 6.07 Å². The number of carbonyl (C=O) groups is 1. The maximum Gasteiger partial charge on any atom is 0.279 e. The molecule has 0 saturated carbocycles. The second-order valence-corrected chi connectivity index (χ2v) is 5.19. The quantitative estimate of drug-likeness (QED) is 0.848. The van der Waals surface area contributed by atoms with Gasteiger partial charge in [0.15, 0.2) is 6.54 Å². The molecule has 0 aromatic heterocycles. The maximum absolute atomic E-state index is 12.1. The number of benzene rings is 1. The molecule has 2 rings (SSSR count). The monoisotopic (exact) mass is 258 g/mol. The van der Waals surface area contributed by atoms with Crippen molar-refractivity contribution in [2.75, 3.05) is 18.4 Å². The lowest BCUT2D eigenvalue weighted by Gasteiger charge is -2.29. The van der Waals surface area contributed by atoms with Crippen LogP contribution >= 0.6 is 0 Å². The zero-order valence-electron chi connectivity index (χ0n) is 11.3. The SMILES string of the molecule is C[C@@H]1CCCC[NH+]1CC(=O)Nc1ccccc1C#N. The van der Waals surface area contributed by atoms with Gasteiger partial charge in [0.2, 0.25) is 0 Å². The van der Waals surface area contributed by atoms with Crippen LogP contribution in [0.25, 0.3) is 0 Å². The van der Waals surface area contributed by atoms with Crippen LogP contribution in [0.1, 0.15) is 31.7 Å². The Morgan fingerprint density at radius 1 is 1.47 bits per heavy atom. The number of anilines is 1. The Morgan fingerprint density at radius 3 is 3.00 bits per heavy atom. The number of nitrogens with zero attached hydrogens (tertiary/aromatic N) is 1. The van der Waals surface area contributed by atoms with Crippen molar-refractivity contribution in [1.82, 2.24) is 0 Å². The summed E-state index contributed by atoms with van der Waals surface area (Å²) in [5, 5.41) is 11.8. The van der Waals surface area contributed by atoms with Crippen molar-refractivity contribution in [3.63, 3.8) is 0 Å². The van der Waals surface area contributed by atoms with E-state index in [-0.39, 0.29) is 5.91 Å². The number of para-hydroxylation sites is 1. The zero-order chi connectivity index (χ0) is 13.7. The van der Waals surface area contributed by atoms with Crippen LogP contribution in [0.4, 0.5) is 5.69 Å². The van der Waals surface area contributed by atoms with Crippen LogP contribution < -0.4 is 10.2 Å². The van der Waals surface area contributed by atoms with Crippen molar-refractivity contribution < 1.29 is 9.69 Å². The van der Waals surface area contributed by atoms with Crippen LogP contribution in [0.15, 0.2) is 24.3 Å². The Kier molecular flexibility index (Phi) is 4.53. The van der Waals surface area contributed by atoms with Gasteiger partial charge in [-0.05, 0) is 38.3 Å². The van der Waals surface area contributed by atoms with E-state index in [1.807, 2.05) is 6.07 Å². The van der Waals surface area contributed by atoms with Gasteiger partial charge in [0.05, 0.1) is 23.8 Å². The Morgan fingerprint density at radius 2 is 2.26 bits per heavy atom. The molecular formula is C15H20N3O+. The number of piperidine rings is 1. The predicted octanol–water partition coefficient (Wildman–Crippen LogP) is 0.954. The fourth-order valence-electron chi connectivity index (χ4n) is 2.61. The van der Waals surface area contributed by atoms with Crippen LogP contribution in [-0.2, 0) is 4.79 Å². The lowest BCUT2D eigenvalue weighted by atomic mass is 10.0. The number of hydrogen-bond acceptors (Lipinski definition) is 2. The molecular weight excluding hydrogens is 238 g/mol. The first-order valence-electron chi connectivity index (χ1n) is 6.84. The van der Waals surface area contributed by atoms with E-state index in [1.165, 1.54) is 24.2 Å². The van der Waals surface area contributed by atoms with Gasteiger partial charge in [-0.2, -0.15) is 5.26 Å². The first kappa shape index (κ1) is 13.6.